The van der Waals surface area contributed by atoms with Crippen LogP contribution in [0.3, 0.4) is 0 Å². The summed E-state index contributed by atoms with van der Waals surface area (Å²) in [5.74, 6) is 3.22. The number of furan rings is 1. The number of nitrogens with zero attached hydrogens (tertiary/aromatic N) is 2. The molecule has 2 fully saturated rings. The average Bonchev–Trinajstić information content (AvgIpc) is 3.44. The van der Waals surface area contributed by atoms with Crippen molar-refractivity contribution in [2.75, 3.05) is 51.3 Å². The van der Waals surface area contributed by atoms with E-state index in [1.807, 2.05) is 30.3 Å². The van der Waals surface area contributed by atoms with Gasteiger partial charge in [-0.05, 0) is 43.7 Å². The van der Waals surface area contributed by atoms with E-state index in [0.717, 1.165) is 54.9 Å². The number of morpholine rings is 1. The molecule has 9 heteroatoms. The van der Waals surface area contributed by atoms with Gasteiger partial charge in [-0.3, -0.25) is 9.89 Å². The number of hydrogen-bond donors (Lipinski definition) is 2. The van der Waals surface area contributed by atoms with E-state index in [2.05, 4.69) is 15.5 Å². The number of ether oxygens (including phenoxy) is 3. The van der Waals surface area contributed by atoms with Crippen molar-refractivity contribution >= 4 is 35.6 Å². The Balaban J connectivity index is 0.00000259. The maximum Gasteiger partial charge on any atom is 0.195 e. The number of nitrogens with one attached hydrogen (secondary N) is 2. The maximum absolute atomic E-state index is 6.09. The lowest BCUT2D eigenvalue weighted by atomic mass is 10.2. The molecule has 4 heterocycles. The summed E-state index contributed by atoms with van der Waals surface area (Å²) in [4.78, 5) is 7.39. The summed E-state index contributed by atoms with van der Waals surface area (Å²) >= 11 is 0. The summed E-state index contributed by atoms with van der Waals surface area (Å²) in [5.41, 5.74) is 0.905. The van der Waals surface area contributed by atoms with Gasteiger partial charge < -0.3 is 29.3 Å². The minimum absolute atomic E-state index is 0. The van der Waals surface area contributed by atoms with E-state index in [1.165, 1.54) is 19.4 Å². The maximum atomic E-state index is 6.09. The molecule has 2 unspecified atom stereocenters. The molecule has 1 aromatic carbocycles. The quantitative estimate of drug-likeness (QED) is 0.314. The van der Waals surface area contributed by atoms with Crippen LogP contribution in [0.4, 0.5) is 5.69 Å². The predicted molar refractivity (Wildman–Crippen MR) is 138 cm³/mol. The van der Waals surface area contributed by atoms with Crippen LogP contribution in [-0.2, 0) is 11.2 Å². The van der Waals surface area contributed by atoms with E-state index in [0.29, 0.717) is 32.3 Å². The fraction of sp³-hybridized carbons (Fsp3) is 0.542. The van der Waals surface area contributed by atoms with Gasteiger partial charge >= 0.3 is 0 Å². The molecule has 0 aliphatic carbocycles. The first kappa shape index (κ1) is 24.2. The van der Waals surface area contributed by atoms with Crippen LogP contribution in [0.2, 0.25) is 0 Å². The summed E-state index contributed by atoms with van der Waals surface area (Å²) in [6.45, 7) is 5.62. The molecule has 8 nitrogen and oxygen atoms in total. The van der Waals surface area contributed by atoms with Crippen molar-refractivity contribution in [1.82, 2.24) is 10.2 Å². The summed E-state index contributed by atoms with van der Waals surface area (Å²) in [7, 11) is 0. The van der Waals surface area contributed by atoms with Gasteiger partial charge in [0.1, 0.15) is 5.76 Å². The normalized spacial score (nSPS) is 22.7. The highest BCUT2D eigenvalue weighted by molar-refractivity contribution is 14.0. The number of fused-ring (bicyclic) bond motifs is 2. The third kappa shape index (κ3) is 6.54. The van der Waals surface area contributed by atoms with Crippen molar-refractivity contribution in [2.45, 2.75) is 37.8 Å². The van der Waals surface area contributed by atoms with Crippen LogP contribution in [0.1, 0.15) is 25.0 Å². The van der Waals surface area contributed by atoms with Crippen LogP contribution < -0.4 is 20.1 Å². The second-order valence-electron chi connectivity index (χ2n) is 8.53. The summed E-state index contributed by atoms with van der Waals surface area (Å²) in [6.07, 6.45) is 6.02. The average molecular weight is 568 g/mol. The lowest BCUT2D eigenvalue weighted by molar-refractivity contribution is -0.0431. The zero-order valence-corrected chi connectivity index (χ0v) is 21.2. The zero-order valence-electron chi connectivity index (χ0n) is 18.8. The van der Waals surface area contributed by atoms with Crippen molar-refractivity contribution in [2.24, 2.45) is 4.99 Å². The van der Waals surface area contributed by atoms with Gasteiger partial charge in [-0.25, -0.2) is 0 Å². The fourth-order valence-electron chi connectivity index (χ4n) is 4.47. The Morgan fingerprint density at radius 2 is 2.03 bits per heavy atom. The minimum atomic E-state index is 0. The van der Waals surface area contributed by atoms with Gasteiger partial charge in [0.15, 0.2) is 17.5 Å². The largest absolute Gasteiger partial charge is 0.490 e. The first-order valence-corrected chi connectivity index (χ1v) is 11.7. The molecule has 5 rings (SSSR count). The molecule has 1 aromatic heterocycles. The van der Waals surface area contributed by atoms with Crippen molar-refractivity contribution in [3.63, 3.8) is 0 Å². The van der Waals surface area contributed by atoms with E-state index in [-0.39, 0.29) is 30.1 Å². The lowest BCUT2D eigenvalue weighted by Gasteiger charge is -2.34. The molecular weight excluding hydrogens is 535 g/mol. The number of guanidine groups is 1. The first-order chi connectivity index (χ1) is 15.8. The predicted octanol–water partition coefficient (Wildman–Crippen LogP) is 3.52. The van der Waals surface area contributed by atoms with Crippen molar-refractivity contribution in [3.8, 4) is 11.5 Å². The number of benzene rings is 1. The Hall–Kier alpha value is -1.98. The van der Waals surface area contributed by atoms with E-state index < -0.39 is 0 Å². The number of rotatable bonds is 6. The molecule has 2 saturated heterocycles. The molecule has 0 amide bonds. The smallest absolute Gasteiger partial charge is 0.195 e. The van der Waals surface area contributed by atoms with Crippen molar-refractivity contribution in [1.29, 1.82) is 0 Å². The van der Waals surface area contributed by atoms with Crippen LogP contribution in [0.5, 0.6) is 11.5 Å². The Morgan fingerprint density at radius 1 is 1.12 bits per heavy atom. The molecule has 2 N–H and O–H groups in total. The Labute approximate surface area is 212 Å². The first-order valence-electron chi connectivity index (χ1n) is 11.7. The standard InChI is InChI=1S/C24H32N4O4.HI/c1-4-19-17-32-21(16-28(19)10-1)15-26-24(25-9-8-20-5-2-11-29-20)27-18-6-7-22-23(14-18)31-13-3-12-30-22;/h2,5-7,11,14,19,21H,1,3-4,8-10,12-13,15-17H2,(H2,25,26,27);1H. The van der Waals surface area contributed by atoms with Gasteiger partial charge in [0.05, 0.1) is 38.7 Å². The molecular formula is C24H33IN4O4. The van der Waals surface area contributed by atoms with Gasteiger partial charge in [-0.1, -0.05) is 0 Å². The zero-order chi connectivity index (χ0) is 21.6. The van der Waals surface area contributed by atoms with E-state index in [9.17, 15) is 0 Å². The molecule has 3 aliphatic rings. The molecule has 0 saturated carbocycles. The van der Waals surface area contributed by atoms with Gasteiger partial charge in [0.25, 0.3) is 0 Å². The van der Waals surface area contributed by atoms with Crippen LogP contribution in [0.15, 0.2) is 46.0 Å². The molecule has 2 aromatic rings. The van der Waals surface area contributed by atoms with Crippen LogP contribution in [0.25, 0.3) is 0 Å². The van der Waals surface area contributed by atoms with Crippen LogP contribution >= 0.6 is 24.0 Å². The molecule has 0 radical (unpaired) electrons. The van der Waals surface area contributed by atoms with Crippen LogP contribution in [-0.4, -0.2) is 69.0 Å². The van der Waals surface area contributed by atoms with Gasteiger partial charge in [0, 0.05) is 43.7 Å². The topological polar surface area (TPSA) is 80.5 Å². The molecule has 0 bridgehead atoms. The summed E-state index contributed by atoms with van der Waals surface area (Å²) < 4.78 is 23.1. The van der Waals surface area contributed by atoms with Crippen molar-refractivity contribution in [3.05, 3.63) is 42.4 Å². The Morgan fingerprint density at radius 3 is 2.91 bits per heavy atom. The minimum Gasteiger partial charge on any atom is -0.490 e. The number of halogens is 1. The van der Waals surface area contributed by atoms with Gasteiger partial charge in [-0.15, -0.1) is 24.0 Å². The third-order valence-corrected chi connectivity index (χ3v) is 6.17. The summed E-state index contributed by atoms with van der Waals surface area (Å²) in [6, 6.07) is 10.4. The lowest BCUT2D eigenvalue weighted by Crippen LogP contribution is -2.47. The van der Waals surface area contributed by atoms with Crippen molar-refractivity contribution < 1.29 is 18.6 Å². The van der Waals surface area contributed by atoms with E-state index in [4.69, 9.17) is 23.6 Å². The number of hydrogen-bond acceptors (Lipinski definition) is 6. The monoisotopic (exact) mass is 568 g/mol. The van der Waals surface area contributed by atoms with E-state index in [1.54, 1.807) is 6.26 Å². The second-order valence-corrected chi connectivity index (χ2v) is 8.53. The fourth-order valence-corrected chi connectivity index (χ4v) is 4.47. The molecule has 3 aliphatic heterocycles. The molecule has 0 spiro atoms. The molecule has 180 valence electrons. The van der Waals surface area contributed by atoms with Gasteiger partial charge in [0.2, 0.25) is 0 Å². The highest BCUT2D eigenvalue weighted by Crippen LogP contribution is 2.32. The number of anilines is 1. The Kier molecular flexibility index (Phi) is 8.74. The SMILES string of the molecule is I.c1coc(CCNC(=NCC2CN3CCCC3CO2)Nc2ccc3c(c2)OCCCO3)c1. The highest BCUT2D eigenvalue weighted by Gasteiger charge is 2.32. The second kappa shape index (κ2) is 11.9. The third-order valence-electron chi connectivity index (χ3n) is 6.17. The highest BCUT2D eigenvalue weighted by atomic mass is 127. The van der Waals surface area contributed by atoms with Gasteiger partial charge in [-0.2, -0.15) is 0 Å². The Bertz CT molecular complexity index is 908. The van der Waals surface area contributed by atoms with E-state index >= 15 is 0 Å². The summed E-state index contributed by atoms with van der Waals surface area (Å²) in [5, 5.41) is 6.84. The molecule has 2 atom stereocenters. The molecule has 33 heavy (non-hydrogen) atoms. The van der Waals surface area contributed by atoms with Crippen LogP contribution in [0, 0.1) is 0 Å². The number of aliphatic imine (C=N–C) groups is 1.